The first-order valence-corrected chi connectivity index (χ1v) is 8.49. The van der Waals surface area contributed by atoms with Crippen molar-refractivity contribution in [2.45, 2.75) is 52.1 Å². The molecule has 3 heteroatoms. The number of hydrogen-bond donors (Lipinski definition) is 1. The number of ether oxygens (including phenoxy) is 1. The van der Waals surface area contributed by atoms with Crippen molar-refractivity contribution in [3.63, 3.8) is 0 Å². The minimum atomic E-state index is -0.0679. The fraction of sp³-hybridized carbons (Fsp3) is 1.00. The highest BCUT2D eigenvalue weighted by Crippen LogP contribution is 2.34. The highest BCUT2D eigenvalue weighted by Gasteiger charge is 2.32. The molecule has 3 unspecified atom stereocenters. The predicted molar refractivity (Wildman–Crippen MR) is 82.7 cm³/mol. The Morgan fingerprint density at radius 1 is 1.15 bits per heavy atom. The molecule has 2 fully saturated rings. The van der Waals surface area contributed by atoms with Crippen molar-refractivity contribution in [3.8, 4) is 0 Å². The molecule has 1 aliphatic heterocycles. The normalized spacial score (nSPS) is 33.8. The molecule has 2 rings (SSSR count). The molecule has 3 atom stereocenters. The van der Waals surface area contributed by atoms with E-state index in [2.05, 4.69) is 18.7 Å². The SMILES string of the molecule is COCC1CCN(CC2CC(C(C)C)CCC2O)CC1. The van der Waals surface area contributed by atoms with Gasteiger partial charge in [-0.3, -0.25) is 0 Å². The number of rotatable bonds is 5. The van der Waals surface area contributed by atoms with Crippen molar-refractivity contribution in [2.75, 3.05) is 33.4 Å². The molecule has 0 spiro atoms. The van der Waals surface area contributed by atoms with Crippen LogP contribution in [-0.2, 0) is 4.74 Å². The molecule has 0 aromatic heterocycles. The Labute approximate surface area is 124 Å². The largest absolute Gasteiger partial charge is 0.393 e. The van der Waals surface area contributed by atoms with Crippen LogP contribution in [0.1, 0.15) is 46.0 Å². The molecule has 1 saturated carbocycles. The fourth-order valence-electron chi connectivity index (χ4n) is 3.99. The smallest absolute Gasteiger partial charge is 0.0580 e. The topological polar surface area (TPSA) is 32.7 Å². The van der Waals surface area contributed by atoms with Gasteiger partial charge < -0.3 is 14.7 Å². The van der Waals surface area contributed by atoms with E-state index in [0.29, 0.717) is 5.92 Å². The second-order valence-corrected chi connectivity index (χ2v) is 7.34. The number of nitrogens with zero attached hydrogens (tertiary/aromatic N) is 1. The molecular formula is C17H33NO2. The number of piperidine rings is 1. The molecule has 118 valence electrons. The summed E-state index contributed by atoms with van der Waals surface area (Å²) in [6.07, 6.45) is 5.88. The van der Waals surface area contributed by atoms with Crippen molar-refractivity contribution >= 4 is 0 Å². The summed E-state index contributed by atoms with van der Waals surface area (Å²) in [6.45, 7) is 9.04. The molecular weight excluding hydrogens is 250 g/mol. The standard InChI is InChI=1S/C17H33NO2/c1-13(2)15-4-5-17(19)16(10-15)11-18-8-6-14(7-9-18)12-20-3/h13-17,19H,4-12H2,1-3H3. The maximum absolute atomic E-state index is 10.3. The lowest BCUT2D eigenvalue weighted by molar-refractivity contribution is 0.00930. The first-order valence-electron chi connectivity index (χ1n) is 8.49. The van der Waals surface area contributed by atoms with E-state index in [1.165, 1.54) is 38.8 Å². The third-order valence-electron chi connectivity index (χ3n) is 5.53. The average molecular weight is 283 g/mol. The van der Waals surface area contributed by atoms with E-state index in [4.69, 9.17) is 4.74 Å². The summed E-state index contributed by atoms with van der Waals surface area (Å²) in [5.74, 6) is 2.82. The molecule has 0 bridgehead atoms. The summed E-state index contributed by atoms with van der Waals surface area (Å²) in [5.41, 5.74) is 0. The molecule has 1 heterocycles. The van der Waals surface area contributed by atoms with Gasteiger partial charge in [0.1, 0.15) is 0 Å². The predicted octanol–water partition coefficient (Wildman–Crippen LogP) is 2.78. The highest BCUT2D eigenvalue weighted by molar-refractivity contribution is 4.84. The van der Waals surface area contributed by atoms with Gasteiger partial charge in [0.05, 0.1) is 6.10 Å². The van der Waals surface area contributed by atoms with Crippen LogP contribution < -0.4 is 0 Å². The zero-order valence-electron chi connectivity index (χ0n) is 13.6. The van der Waals surface area contributed by atoms with Crippen LogP contribution in [0.5, 0.6) is 0 Å². The first-order chi connectivity index (χ1) is 9.60. The van der Waals surface area contributed by atoms with Crippen molar-refractivity contribution in [1.29, 1.82) is 0 Å². The van der Waals surface area contributed by atoms with E-state index in [0.717, 1.165) is 37.3 Å². The molecule has 0 amide bonds. The molecule has 0 radical (unpaired) electrons. The third kappa shape index (κ3) is 4.44. The Morgan fingerprint density at radius 3 is 2.45 bits per heavy atom. The number of methoxy groups -OCH3 is 1. The molecule has 20 heavy (non-hydrogen) atoms. The molecule has 2 aliphatic rings. The van der Waals surface area contributed by atoms with Gasteiger partial charge >= 0.3 is 0 Å². The lowest BCUT2D eigenvalue weighted by Crippen LogP contribution is -2.43. The lowest BCUT2D eigenvalue weighted by Gasteiger charge is -2.40. The van der Waals surface area contributed by atoms with Crippen molar-refractivity contribution in [1.82, 2.24) is 4.90 Å². The lowest BCUT2D eigenvalue weighted by atomic mass is 9.74. The summed E-state index contributed by atoms with van der Waals surface area (Å²) >= 11 is 0. The summed E-state index contributed by atoms with van der Waals surface area (Å²) in [7, 11) is 1.80. The van der Waals surface area contributed by atoms with Crippen LogP contribution in [0.3, 0.4) is 0 Å². The summed E-state index contributed by atoms with van der Waals surface area (Å²) in [5, 5.41) is 10.3. The molecule has 3 nitrogen and oxygen atoms in total. The summed E-state index contributed by atoms with van der Waals surface area (Å²) in [4.78, 5) is 2.57. The maximum atomic E-state index is 10.3. The van der Waals surface area contributed by atoms with Crippen molar-refractivity contribution in [3.05, 3.63) is 0 Å². The second kappa shape index (κ2) is 7.77. The van der Waals surface area contributed by atoms with Crippen LogP contribution in [0.4, 0.5) is 0 Å². The molecule has 1 aliphatic carbocycles. The van der Waals surface area contributed by atoms with E-state index in [1.807, 2.05) is 0 Å². The van der Waals surface area contributed by atoms with Gasteiger partial charge in [0, 0.05) is 20.3 Å². The number of aliphatic hydroxyl groups is 1. The van der Waals surface area contributed by atoms with Crippen LogP contribution in [0.15, 0.2) is 0 Å². The van der Waals surface area contributed by atoms with Crippen LogP contribution in [0, 0.1) is 23.7 Å². The molecule has 0 aromatic carbocycles. The van der Waals surface area contributed by atoms with Gasteiger partial charge in [0.15, 0.2) is 0 Å². The number of hydrogen-bond acceptors (Lipinski definition) is 3. The van der Waals surface area contributed by atoms with Crippen LogP contribution in [0.25, 0.3) is 0 Å². The zero-order chi connectivity index (χ0) is 14.5. The number of aliphatic hydroxyl groups excluding tert-OH is 1. The van der Waals surface area contributed by atoms with E-state index in [9.17, 15) is 5.11 Å². The van der Waals surface area contributed by atoms with Gasteiger partial charge in [-0.05, 0) is 68.9 Å². The third-order valence-corrected chi connectivity index (χ3v) is 5.53. The Hall–Kier alpha value is -0.120. The molecule has 0 aromatic rings. The van der Waals surface area contributed by atoms with Crippen LogP contribution in [-0.4, -0.2) is 49.5 Å². The van der Waals surface area contributed by atoms with Gasteiger partial charge in [-0.25, -0.2) is 0 Å². The average Bonchev–Trinajstić information content (AvgIpc) is 2.43. The Kier molecular flexibility index (Phi) is 6.31. The highest BCUT2D eigenvalue weighted by atomic mass is 16.5. The molecule has 1 N–H and O–H groups in total. The van der Waals surface area contributed by atoms with Gasteiger partial charge in [0.25, 0.3) is 0 Å². The summed E-state index contributed by atoms with van der Waals surface area (Å²) < 4.78 is 5.27. The Balaban J connectivity index is 1.77. The van der Waals surface area contributed by atoms with Gasteiger partial charge in [-0.2, -0.15) is 0 Å². The first kappa shape index (κ1) is 16.3. The van der Waals surface area contributed by atoms with E-state index >= 15 is 0 Å². The Bertz CT molecular complexity index is 274. The van der Waals surface area contributed by atoms with E-state index in [1.54, 1.807) is 7.11 Å². The van der Waals surface area contributed by atoms with Gasteiger partial charge in [-0.15, -0.1) is 0 Å². The van der Waals surface area contributed by atoms with Gasteiger partial charge in [-0.1, -0.05) is 13.8 Å². The zero-order valence-corrected chi connectivity index (χ0v) is 13.6. The fourth-order valence-corrected chi connectivity index (χ4v) is 3.99. The minimum absolute atomic E-state index is 0.0679. The Morgan fingerprint density at radius 2 is 1.85 bits per heavy atom. The monoisotopic (exact) mass is 283 g/mol. The maximum Gasteiger partial charge on any atom is 0.0580 e. The number of likely N-dealkylation sites (tertiary alicyclic amines) is 1. The second-order valence-electron chi connectivity index (χ2n) is 7.34. The minimum Gasteiger partial charge on any atom is -0.393 e. The molecule has 1 saturated heterocycles. The van der Waals surface area contributed by atoms with E-state index < -0.39 is 0 Å². The van der Waals surface area contributed by atoms with E-state index in [-0.39, 0.29) is 6.10 Å². The van der Waals surface area contributed by atoms with Crippen LogP contribution >= 0.6 is 0 Å². The quantitative estimate of drug-likeness (QED) is 0.842. The van der Waals surface area contributed by atoms with Crippen molar-refractivity contribution in [2.24, 2.45) is 23.7 Å². The van der Waals surface area contributed by atoms with Crippen LogP contribution in [0.2, 0.25) is 0 Å². The summed E-state index contributed by atoms with van der Waals surface area (Å²) in [6, 6.07) is 0. The van der Waals surface area contributed by atoms with Crippen molar-refractivity contribution < 1.29 is 9.84 Å². The van der Waals surface area contributed by atoms with Gasteiger partial charge in [0.2, 0.25) is 0 Å².